The Labute approximate surface area is 124 Å². The SMILES string of the molecule is C[C@@]12CCC[C@H]1[C@@H]1CC=C3CC(N)CC[C@]3(C)[C@@H]1CC2. The van der Waals surface area contributed by atoms with Gasteiger partial charge in [0.05, 0.1) is 0 Å². The van der Waals surface area contributed by atoms with E-state index < -0.39 is 0 Å². The van der Waals surface area contributed by atoms with Gasteiger partial charge in [-0.15, -0.1) is 0 Å². The van der Waals surface area contributed by atoms with E-state index in [0.29, 0.717) is 16.9 Å². The van der Waals surface area contributed by atoms with Crippen molar-refractivity contribution < 1.29 is 0 Å². The van der Waals surface area contributed by atoms with Crippen molar-refractivity contribution in [1.29, 1.82) is 0 Å². The van der Waals surface area contributed by atoms with Crippen LogP contribution in [0.1, 0.15) is 71.6 Å². The van der Waals surface area contributed by atoms with Gasteiger partial charge in [-0.25, -0.2) is 0 Å². The predicted octanol–water partition coefficient (Wildman–Crippen LogP) is 4.67. The largest absolute Gasteiger partial charge is 0.327 e. The Kier molecular flexibility index (Phi) is 2.91. The zero-order valence-electron chi connectivity index (χ0n) is 13.3. The minimum atomic E-state index is 0.436. The Bertz CT molecular complexity index is 439. The summed E-state index contributed by atoms with van der Waals surface area (Å²) in [5.74, 6) is 2.97. The second-order valence-corrected chi connectivity index (χ2v) is 8.85. The quantitative estimate of drug-likeness (QED) is 0.638. The van der Waals surface area contributed by atoms with Crippen LogP contribution >= 0.6 is 0 Å². The van der Waals surface area contributed by atoms with E-state index >= 15 is 0 Å². The van der Waals surface area contributed by atoms with Crippen molar-refractivity contribution in [3.05, 3.63) is 11.6 Å². The van der Waals surface area contributed by atoms with Gasteiger partial charge in [0.2, 0.25) is 0 Å². The predicted molar refractivity (Wildman–Crippen MR) is 84.3 cm³/mol. The van der Waals surface area contributed by atoms with Gasteiger partial charge < -0.3 is 5.73 Å². The summed E-state index contributed by atoms with van der Waals surface area (Å²) in [6.45, 7) is 5.18. The number of hydrogen-bond donors (Lipinski definition) is 1. The molecule has 4 aliphatic rings. The standard InChI is InChI=1S/C19H31N/c1-18-9-3-4-16(18)15-6-5-13-12-14(20)7-11-19(13,2)17(15)8-10-18/h5,14-17H,3-4,6-12,20H2,1-2H3/t14?,15-,16-,17+,18-,19-/m0/s1. The molecule has 6 atom stereocenters. The maximum absolute atomic E-state index is 6.23. The third kappa shape index (κ3) is 1.71. The molecule has 1 nitrogen and oxygen atoms in total. The third-order valence-electron chi connectivity index (χ3n) is 7.92. The molecule has 112 valence electrons. The molecule has 0 saturated heterocycles. The van der Waals surface area contributed by atoms with E-state index in [-0.39, 0.29) is 0 Å². The summed E-state index contributed by atoms with van der Waals surface area (Å²) in [6.07, 6.45) is 15.3. The maximum atomic E-state index is 6.23. The molecule has 0 aromatic rings. The highest BCUT2D eigenvalue weighted by Crippen LogP contribution is 2.64. The van der Waals surface area contributed by atoms with Crippen LogP contribution in [0, 0.1) is 28.6 Å². The van der Waals surface area contributed by atoms with Gasteiger partial charge in [-0.2, -0.15) is 0 Å². The van der Waals surface area contributed by atoms with Crippen LogP contribution in [0.4, 0.5) is 0 Å². The number of fused-ring (bicyclic) bond motifs is 5. The van der Waals surface area contributed by atoms with Gasteiger partial charge >= 0.3 is 0 Å². The number of hydrogen-bond acceptors (Lipinski definition) is 1. The molecule has 0 radical (unpaired) electrons. The van der Waals surface area contributed by atoms with Gasteiger partial charge in [-0.3, -0.25) is 0 Å². The van der Waals surface area contributed by atoms with Gasteiger partial charge in [0.15, 0.2) is 0 Å². The molecule has 2 N–H and O–H groups in total. The molecular formula is C19H31N. The fourth-order valence-electron chi connectivity index (χ4n) is 6.68. The summed E-state index contributed by atoms with van der Waals surface area (Å²) >= 11 is 0. The van der Waals surface area contributed by atoms with Crippen LogP contribution in [-0.4, -0.2) is 6.04 Å². The zero-order valence-corrected chi connectivity index (χ0v) is 13.3. The van der Waals surface area contributed by atoms with Crippen LogP contribution in [0.15, 0.2) is 11.6 Å². The molecule has 3 saturated carbocycles. The minimum absolute atomic E-state index is 0.436. The summed E-state index contributed by atoms with van der Waals surface area (Å²) in [6, 6.07) is 0.436. The van der Waals surface area contributed by atoms with Crippen LogP contribution in [0.3, 0.4) is 0 Å². The van der Waals surface area contributed by atoms with Crippen molar-refractivity contribution >= 4 is 0 Å². The first-order valence-electron chi connectivity index (χ1n) is 8.98. The smallest absolute Gasteiger partial charge is 0.00766 e. The molecule has 3 fully saturated rings. The summed E-state index contributed by atoms with van der Waals surface area (Å²) in [5, 5.41) is 0. The molecule has 20 heavy (non-hydrogen) atoms. The summed E-state index contributed by atoms with van der Waals surface area (Å²) in [5.41, 5.74) is 9.16. The lowest BCUT2D eigenvalue weighted by Crippen LogP contribution is -2.50. The van der Waals surface area contributed by atoms with E-state index in [1.54, 1.807) is 5.57 Å². The normalized spacial score (nSPS) is 54.6. The minimum Gasteiger partial charge on any atom is -0.327 e. The Morgan fingerprint density at radius 2 is 1.90 bits per heavy atom. The molecule has 0 amide bonds. The molecule has 0 aliphatic heterocycles. The third-order valence-corrected chi connectivity index (χ3v) is 7.92. The molecular weight excluding hydrogens is 242 g/mol. The highest BCUT2D eigenvalue weighted by atomic mass is 14.7. The van der Waals surface area contributed by atoms with Crippen LogP contribution in [0.2, 0.25) is 0 Å². The molecule has 4 rings (SSSR count). The molecule has 1 heteroatoms. The molecule has 1 unspecified atom stereocenters. The van der Waals surface area contributed by atoms with Crippen molar-refractivity contribution in [2.45, 2.75) is 77.7 Å². The van der Waals surface area contributed by atoms with Crippen molar-refractivity contribution in [3.8, 4) is 0 Å². The number of allylic oxidation sites excluding steroid dienone is 1. The highest BCUT2D eigenvalue weighted by molar-refractivity contribution is 5.25. The summed E-state index contributed by atoms with van der Waals surface area (Å²) in [7, 11) is 0. The van der Waals surface area contributed by atoms with E-state index in [9.17, 15) is 0 Å². The van der Waals surface area contributed by atoms with Gasteiger partial charge in [-0.05, 0) is 80.0 Å². The van der Waals surface area contributed by atoms with Gasteiger partial charge in [0.1, 0.15) is 0 Å². The first-order chi connectivity index (χ1) is 9.53. The highest BCUT2D eigenvalue weighted by Gasteiger charge is 2.55. The average Bonchev–Trinajstić information content (AvgIpc) is 2.81. The molecule has 4 aliphatic carbocycles. The molecule has 0 aromatic carbocycles. The molecule has 0 spiro atoms. The summed E-state index contributed by atoms with van der Waals surface area (Å²) < 4.78 is 0. The first kappa shape index (κ1) is 13.4. The molecule has 0 aromatic heterocycles. The van der Waals surface area contributed by atoms with E-state index in [1.807, 2.05) is 0 Å². The second kappa shape index (κ2) is 4.35. The average molecular weight is 273 g/mol. The Morgan fingerprint density at radius 3 is 2.75 bits per heavy atom. The van der Waals surface area contributed by atoms with Gasteiger partial charge in [0, 0.05) is 6.04 Å². The lowest BCUT2D eigenvalue weighted by atomic mass is 9.48. The Hall–Kier alpha value is -0.300. The fraction of sp³-hybridized carbons (Fsp3) is 0.895. The van der Waals surface area contributed by atoms with E-state index in [0.717, 1.165) is 17.8 Å². The van der Waals surface area contributed by atoms with Crippen molar-refractivity contribution in [3.63, 3.8) is 0 Å². The number of nitrogens with two attached hydrogens (primary N) is 1. The fourth-order valence-corrected chi connectivity index (χ4v) is 6.68. The van der Waals surface area contributed by atoms with Crippen LogP contribution in [-0.2, 0) is 0 Å². The van der Waals surface area contributed by atoms with E-state index in [2.05, 4.69) is 19.9 Å². The van der Waals surface area contributed by atoms with E-state index in [4.69, 9.17) is 5.73 Å². The first-order valence-corrected chi connectivity index (χ1v) is 8.98. The Balaban J connectivity index is 1.68. The summed E-state index contributed by atoms with van der Waals surface area (Å²) in [4.78, 5) is 0. The monoisotopic (exact) mass is 273 g/mol. The van der Waals surface area contributed by atoms with Crippen molar-refractivity contribution in [2.24, 2.45) is 34.3 Å². The van der Waals surface area contributed by atoms with Crippen LogP contribution in [0.5, 0.6) is 0 Å². The van der Waals surface area contributed by atoms with E-state index in [1.165, 1.54) is 57.8 Å². The van der Waals surface area contributed by atoms with Crippen LogP contribution in [0.25, 0.3) is 0 Å². The molecule has 0 heterocycles. The van der Waals surface area contributed by atoms with Crippen molar-refractivity contribution in [1.82, 2.24) is 0 Å². The van der Waals surface area contributed by atoms with Crippen molar-refractivity contribution in [2.75, 3.05) is 0 Å². The Morgan fingerprint density at radius 1 is 1.05 bits per heavy atom. The molecule has 0 bridgehead atoms. The lowest BCUT2D eigenvalue weighted by molar-refractivity contribution is -0.0260. The lowest BCUT2D eigenvalue weighted by Gasteiger charge is -2.57. The topological polar surface area (TPSA) is 26.0 Å². The maximum Gasteiger partial charge on any atom is 0.00766 e. The number of rotatable bonds is 0. The second-order valence-electron chi connectivity index (χ2n) is 8.85. The van der Waals surface area contributed by atoms with Gasteiger partial charge in [-0.1, -0.05) is 31.9 Å². The van der Waals surface area contributed by atoms with Gasteiger partial charge in [0.25, 0.3) is 0 Å². The zero-order chi connectivity index (χ0) is 14.0. The van der Waals surface area contributed by atoms with Crippen LogP contribution < -0.4 is 5.73 Å².